The number of hydrogen-bond donors (Lipinski definition) is 0. The molecule has 1 aliphatic heterocycles. The highest BCUT2D eigenvalue weighted by molar-refractivity contribution is 6.70. The molecule has 6 heteroatoms. The van der Waals surface area contributed by atoms with Crippen molar-refractivity contribution in [3.63, 3.8) is 0 Å². The van der Waals surface area contributed by atoms with Crippen LogP contribution in [0.3, 0.4) is 0 Å². The number of rotatable bonds is 5. The van der Waals surface area contributed by atoms with Crippen LogP contribution in [0, 0.1) is 5.92 Å². The monoisotopic (exact) mass is 318 g/mol. The van der Waals surface area contributed by atoms with E-state index in [-0.39, 0.29) is 24.1 Å². The van der Waals surface area contributed by atoms with Gasteiger partial charge in [-0.15, -0.1) is 0 Å². The quantitative estimate of drug-likeness (QED) is 0.576. The molecule has 0 bridgehead atoms. The van der Waals surface area contributed by atoms with Gasteiger partial charge in [0, 0.05) is 5.92 Å². The van der Waals surface area contributed by atoms with E-state index in [1.54, 1.807) is 0 Å². The van der Waals surface area contributed by atoms with Gasteiger partial charge in [0.25, 0.3) is 0 Å². The standard InChI is InChI=1S/C14H30O4Si2/c1-9-11-10(2)12(17-19(3,4)5)13(14(15)16-11)18-20(6,7)8/h10-13H,9H2,1-8H3/t10-,11?,12+,13-/m1/s1. The van der Waals surface area contributed by atoms with E-state index in [0.717, 1.165) is 6.42 Å². The summed E-state index contributed by atoms with van der Waals surface area (Å²) in [7, 11) is -3.58. The second-order valence-electron chi connectivity index (χ2n) is 7.59. The van der Waals surface area contributed by atoms with Gasteiger partial charge in [-0.3, -0.25) is 0 Å². The van der Waals surface area contributed by atoms with Crippen molar-refractivity contribution in [1.82, 2.24) is 0 Å². The lowest BCUT2D eigenvalue weighted by molar-refractivity contribution is -0.185. The van der Waals surface area contributed by atoms with Gasteiger partial charge in [-0.05, 0) is 45.7 Å². The Morgan fingerprint density at radius 2 is 1.55 bits per heavy atom. The maximum absolute atomic E-state index is 12.3. The first-order chi connectivity index (χ1) is 8.94. The average Bonchev–Trinajstić information content (AvgIpc) is 2.25. The van der Waals surface area contributed by atoms with Crippen LogP contribution in [-0.4, -0.2) is 40.9 Å². The molecule has 0 N–H and O–H groups in total. The number of cyclic esters (lactones) is 1. The highest BCUT2D eigenvalue weighted by atomic mass is 28.4. The van der Waals surface area contributed by atoms with E-state index in [1.807, 2.05) is 6.92 Å². The maximum Gasteiger partial charge on any atom is 0.337 e. The number of ether oxygens (including phenoxy) is 1. The number of carbonyl (C=O) groups excluding carboxylic acids is 1. The number of hydrogen-bond acceptors (Lipinski definition) is 4. The molecule has 1 heterocycles. The molecule has 1 saturated heterocycles. The Morgan fingerprint density at radius 1 is 1.05 bits per heavy atom. The van der Waals surface area contributed by atoms with Crippen molar-refractivity contribution in [2.75, 3.05) is 0 Å². The summed E-state index contributed by atoms with van der Waals surface area (Å²) in [6.07, 6.45) is 0.00844. The zero-order valence-corrected chi connectivity index (χ0v) is 16.1. The summed E-state index contributed by atoms with van der Waals surface area (Å²) in [5.74, 6) is -0.0774. The largest absolute Gasteiger partial charge is 0.460 e. The first-order valence-electron chi connectivity index (χ1n) is 7.50. The summed E-state index contributed by atoms with van der Waals surface area (Å²) in [5, 5.41) is 0. The van der Waals surface area contributed by atoms with Crippen molar-refractivity contribution in [2.24, 2.45) is 5.92 Å². The fourth-order valence-corrected chi connectivity index (χ4v) is 4.62. The Hall–Kier alpha value is -0.176. The highest BCUT2D eigenvalue weighted by Crippen LogP contribution is 2.32. The topological polar surface area (TPSA) is 44.8 Å². The summed E-state index contributed by atoms with van der Waals surface area (Å²) in [6.45, 7) is 16.8. The van der Waals surface area contributed by atoms with Gasteiger partial charge in [0.2, 0.25) is 0 Å². The highest BCUT2D eigenvalue weighted by Gasteiger charge is 2.47. The fraction of sp³-hybridized carbons (Fsp3) is 0.929. The predicted molar refractivity (Wildman–Crippen MR) is 85.8 cm³/mol. The van der Waals surface area contributed by atoms with Gasteiger partial charge in [-0.1, -0.05) is 13.8 Å². The molecule has 0 aromatic carbocycles. The lowest BCUT2D eigenvalue weighted by Crippen LogP contribution is -2.58. The van der Waals surface area contributed by atoms with Crippen molar-refractivity contribution >= 4 is 22.6 Å². The zero-order chi connectivity index (χ0) is 15.7. The molecule has 0 aliphatic carbocycles. The van der Waals surface area contributed by atoms with E-state index in [0.29, 0.717) is 0 Å². The third-order valence-electron chi connectivity index (χ3n) is 3.28. The van der Waals surface area contributed by atoms with Crippen LogP contribution in [0.5, 0.6) is 0 Å². The molecule has 0 amide bonds. The van der Waals surface area contributed by atoms with Gasteiger partial charge in [0.1, 0.15) is 6.10 Å². The molecule has 20 heavy (non-hydrogen) atoms. The molecule has 1 fully saturated rings. The molecule has 0 radical (unpaired) electrons. The van der Waals surface area contributed by atoms with Gasteiger partial charge in [0.15, 0.2) is 22.7 Å². The van der Waals surface area contributed by atoms with Gasteiger partial charge in [-0.25, -0.2) is 4.79 Å². The Balaban J connectivity index is 3.00. The fourth-order valence-electron chi connectivity index (χ4n) is 2.47. The average molecular weight is 319 g/mol. The minimum atomic E-state index is -1.83. The van der Waals surface area contributed by atoms with Crippen molar-refractivity contribution in [1.29, 1.82) is 0 Å². The summed E-state index contributed by atoms with van der Waals surface area (Å²) in [4.78, 5) is 12.3. The van der Waals surface area contributed by atoms with Gasteiger partial charge in [-0.2, -0.15) is 0 Å². The van der Waals surface area contributed by atoms with Crippen LogP contribution in [0.1, 0.15) is 20.3 Å². The van der Waals surface area contributed by atoms with E-state index < -0.39 is 22.7 Å². The lowest BCUT2D eigenvalue weighted by Gasteiger charge is -2.44. The molecule has 1 rings (SSSR count). The maximum atomic E-state index is 12.3. The van der Waals surface area contributed by atoms with E-state index in [4.69, 9.17) is 13.6 Å². The Labute approximate surface area is 125 Å². The summed E-state index contributed by atoms with van der Waals surface area (Å²) in [6, 6.07) is 0. The van der Waals surface area contributed by atoms with Crippen LogP contribution in [0.25, 0.3) is 0 Å². The molecule has 4 nitrogen and oxygen atoms in total. The Kier molecular flexibility index (Phi) is 5.63. The SMILES string of the molecule is CCC1OC(=O)[C@H](O[Si](C)(C)C)[C@@H](O[Si](C)(C)C)[C@@H]1C. The molecular weight excluding hydrogens is 288 g/mol. The van der Waals surface area contributed by atoms with Crippen LogP contribution in [0.2, 0.25) is 39.3 Å². The van der Waals surface area contributed by atoms with Crippen LogP contribution < -0.4 is 0 Å². The molecule has 0 spiro atoms. The molecule has 1 unspecified atom stereocenters. The summed E-state index contributed by atoms with van der Waals surface area (Å²) >= 11 is 0. The molecule has 0 aromatic heterocycles. The van der Waals surface area contributed by atoms with Crippen LogP contribution in [0.15, 0.2) is 0 Å². The molecule has 4 atom stereocenters. The second kappa shape index (κ2) is 6.29. The van der Waals surface area contributed by atoms with Crippen molar-refractivity contribution in [3.8, 4) is 0 Å². The van der Waals surface area contributed by atoms with Crippen LogP contribution >= 0.6 is 0 Å². The van der Waals surface area contributed by atoms with Crippen molar-refractivity contribution < 1.29 is 18.4 Å². The molecule has 0 saturated carbocycles. The minimum Gasteiger partial charge on any atom is -0.460 e. The Morgan fingerprint density at radius 3 is 1.95 bits per heavy atom. The molecule has 0 aromatic rings. The van der Waals surface area contributed by atoms with E-state index in [2.05, 4.69) is 46.2 Å². The normalized spacial score (nSPS) is 32.1. The Bertz CT molecular complexity index is 346. The van der Waals surface area contributed by atoms with Gasteiger partial charge in [0.05, 0.1) is 6.10 Å². The third kappa shape index (κ3) is 4.98. The number of esters is 1. The first kappa shape index (κ1) is 17.9. The predicted octanol–water partition coefficient (Wildman–Crippen LogP) is 3.40. The molecule has 118 valence electrons. The van der Waals surface area contributed by atoms with Crippen molar-refractivity contribution in [2.45, 2.75) is 77.9 Å². The summed E-state index contributed by atoms with van der Waals surface area (Å²) < 4.78 is 17.9. The zero-order valence-electron chi connectivity index (χ0n) is 14.1. The smallest absolute Gasteiger partial charge is 0.337 e. The van der Waals surface area contributed by atoms with E-state index in [1.165, 1.54) is 0 Å². The van der Waals surface area contributed by atoms with E-state index in [9.17, 15) is 4.79 Å². The van der Waals surface area contributed by atoms with Gasteiger partial charge >= 0.3 is 5.97 Å². The lowest BCUT2D eigenvalue weighted by atomic mass is 9.90. The molecule has 1 aliphatic rings. The van der Waals surface area contributed by atoms with Crippen LogP contribution in [-0.2, 0) is 18.4 Å². The van der Waals surface area contributed by atoms with Crippen molar-refractivity contribution in [3.05, 3.63) is 0 Å². The number of carbonyl (C=O) groups is 1. The van der Waals surface area contributed by atoms with E-state index >= 15 is 0 Å². The second-order valence-corrected chi connectivity index (χ2v) is 16.5. The third-order valence-corrected chi connectivity index (χ3v) is 5.22. The molecular formula is C14H30O4Si2. The minimum absolute atomic E-state index is 0.0645. The summed E-state index contributed by atoms with van der Waals surface area (Å²) in [5.41, 5.74) is 0. The van der Waals surface area contributed by atoms with Crippen LogP contribution in [0.4, 0.5) is 0 Å². The van der Waals surface area contributed by atoms with Gasteiger partial charge < -0.3 is 13.6 Å². The first-order valence-corrected chi connectivity index (χ1v) is 14.3.